The Hall–Kier alpha value is -3.35. The van der Waals surface area contributed by atoms with Crippen LogP contribution >= 0.6 is 0 Å². The van der Waals surface area contributed by atoms with E-state index in [1.165, 1.54) is 0 Å². The van der Waals surface area contributed by atoms with Gasteiger partial charge in [-0.1, -0.05) is 6.07 Å². The van der Waals surface area contributed by atoms with Crippen molar-refractivity contribution in [3.05, 3.63) is 54.6 Å². The van der Waals surface area contributed by atoms with Crippen LogP contribution in [0.4, 0.5) is 5.95 Å². The largest absolute Gasteiger partial charge is 0.368 e. The van der Waals surface area contributed by atoms with E-state index in [0.29, 0.717) is 17.0 Å². The van der Waals surface area contributed by atoms with Gasteiger partial charge in [0.2, 0.25) is 5.95 Å². The molecule has 7 heteroatoms. The zero-order chi connectivity index (χ0) is 15.8. The molecule has 4 aromatic rings. The van der Waals surface area contributed by atoms with Gasteiger partial charge in [-0.25, -0.2) is 19.5 Å². The van der Waals surface area contributed by atoms with Crippen molar-refractivity contribution in [3.8, 4) is 22.6 Å². The number of hydrogen-bond acceptors (Lipinski definition) is 6. The van der Waals surface area contributed by atoms with E-state index in [9.17, 15) is 0 Å². The van der Waals surface area contributed by atoms with E-state index in [1.807, 2.05) is 37.4 Å². The molecule has 7 nitrogen and oxygen atoms in total. The Morgan fingerprint density at radius 3 is 2.70 bits per heavy atom. The van der Waals surface area contributed by atoms with Gasteiger partial charge in [0.1, 0.15) is 5.69 Å². The highest BCUT2D eigenvalue weighted by molar-refractivity contribution is 5.88. The maximum absolute atomic E-state index is 5.74. The minimum atomic E-state index is 0.209. The summed E-state index contributed by atoms with van der Waals surface area (Å²) >= 11 is 0. The minimum Gasteiger partial charge on any atom is -0.368 e. The molecule has 112 valence electrons. The van der Waals surface area contributed by atoms with Crippen molar-refractivity contribution in [2.75, 3.05) is 5.73 Å². The number of aromatic nitrogens is 6. The van der Waals surface area contributed by atoms with Gasteiger partial charge in [0.25, 0.3) is 0 Å². The lowest BCUT2D eigenvalue weighted by Crippen LogP contribution is -1.96. The van der Waals surface area contributed by atoms with Crippen LogP contribution in [0, 0.1) is 6.92 Å². The predicted molar refractivity (Wildman–Crippen MR) is 86.4 cm³/mol. The van der Waals surface area contributed by atoms with Crippen LogP contribution in [0.1, 0.15) is 5.69 Å². The molecule has 0 saturated heterocycles. The van der Waals surface area contributed by atoms with Crippen molar-refractivity contribution in [1.82, 2.24) is 29.5 Å². The van der Waals surface area contributed by atoms with Crippen LogP contribution in [0.15, 0.2) is 48.9 Å². The van der Waals surface area contributed by atoms with Crippen molar-refractivity contribution < 1.29 is 0 Å². The Labute approximate surface area is 131 Å². The molecule has 0 spiro atoms. The van der Waals surface area contributed by atoms with Crippen LogP contribution in [0.3, 0.4) is 0 Å². The third-order valence-corrected chi connectivity index (χ3v) is 3.46. The van der Waals surface area contributed by atoms with Crippen LogP contribution in [0.25, 0.3) is 28.3 Å². The smallest absolute Gasteiger partial charge is 0.220 e. The van der Waals surface area contributed by atoms with E-state index in [-0.39, 0.29) is 5.95 Å². The lowest BCUT2D eigenvalue weighted by atomic mass is 10.1. The molecule has 0 unspecified atom stereocenters. The lowest BCUT2D eigenvalue weighted by Gasteiger charge is -2.03. The van der Waals surface area contributed by atoms with Crippen molar-refractivity contribution in [3.63, 3.8) is 0 Å². The number of nitrogens with two attached hydrogens (primary N) is 1. The molecule has 0 amide bonds. The summed E-state index contributed by atoms with van der Waals surface area (Å²) in [6, 6.07) is 9.43. The Kier molecular flexibility index (Phi) is 2.97. The maximum Gasteiger partial charge on any atom is 0.220 e. The molecule has 0 aromatic carbocycles. The summed E-state index contributed by atoms with van der Waals surface area (Å²) in [5, 5.41) is 4.62. The summed E-state index contributed by atoms with van der Waals surface area (Å²) in [5.74, 6) is 0.209. The van der Waals surface area contributed by atoms with E-state index in [4.69, 9.17) is 5.73 Å². The van der Waals surface area contributed by atoms with Crippen LogP contribution < -0.4 is 5.73 Å². The Balaban J connectivity index is 2.06. The van der Waals surface area contributed by atoms with Crippen LogP contribution in [0.2, 0.25) is 0 Å². The fourth-order valence-electron chi connectivity index (χ4n) is 2.49. The Bertz CT molecular complexity index is 1010. The highest BCUT2D eigenvalue weighted by Gasteiger charge is 2.19. The molecular formula is C16H13N7. The summed E-state index contributed by atoms with van der Waals surface area (Å²) in [4.78, 5) is 17.3. The van der Waals surface area contributed by atoms with Crippen LogP contribution in [0.5, 0.6) is 0 Å². The first-order valence-corrected chi connectivity index (χ1v) is 7.08. The number of pyridine rings is 1. The van der Waals surface area contributed by atoms with E-state index < -0.39 is 0 Å². The molecule has 0 atom stereocenters. The van der Waals surface area contributed by atoms with Gasteiger partial charge >= 0.3 is 0 Å². The number of hydrogen-bond donors (Lipinski definition) is 1. The summed E-state index contributed by atoms with van der Waals surface area (Å²) in [7, 11) is 0. The van der Waals surface area contributed by atoms with Crippen LogP contribution in [-0.2, 0) is 0 Å². The molecule has 0 aliphatic carbocycles. The third-order valence-electron chi connectivity index (χ3n) is 3.46. The van der Waals surface area contributed by atoms with Gasteiger partial charge in [0.15, 0.2) is 5.65 Å². The number of nitrogens with zero attached hydrogens (tertiary/aromatic N) is 6. The van der Waals surface area contributed by atoms with Gasteiger partial charge in [0, 0.05) is 24.3 Å². The standard InChI is InChI=1S/C16H13N7/c1-10-4-2-5-12(20-10)14-13(11-6-8-19-16(17)21-11)15-18-7-3-9-23(15)22-14/h2-9H,1H3,(H2,17,19,21). The van der Waals surface area contributed by atoms with Gasteiger partial charge in [-0.15, -0.1) is 0 Å². The van der Waals surface area contributed by atoms with Crippen molar-refractivity contribution in [2.45, 2.75) is 6.92 Å². The Morgan fingerprint density at radius 2 is 1.87 bits per heavy atom. The number of rotatable bonds is 2. The number of fused-ring (bicyclic) bond motifs is 1. The van der Waals surface area contributed by atoms with Gasteiger partial charge in [0.05, 0.1) is 17.0 Å². The zero-order valence-electron chi connectivity index (χ0n) is 12.4. The second-order valence-electron chi connectivity index (χ2n) is 5.08. The molecule has 0 bridgehead atoms. The molecule has 4 heterocycles. The van der Waals surface area contributed by atoms with Gasteiger partial charge in [-0.05, 0) is 31.2 Å². The molecule has 4 rings (SSSR count). The third kappa shape index (κ3) is 2.28. The Morgan fingerprint density at radius 1 is 0.957 bits per heavy atom. The highest BCUT2D eigenvalue weighted by atomic mass is 15.3. The second-order valence-corrected chi connectivity index (χ2v) is 5.08. The fourth-order valence-corrected chi connectivity index (χ4v) is 2.49. The predicted octanol–water partition coefficient (Wildman–Crippen LogP) is 2.14. The minimum absolute atomic E-state index is 0.209. The van der Waals surface area contributed by atoms with Gasteiger partial charge in [-0.2, -0.15) is 5.10 Å². The van der Waals surface area contributed by atoms with E-state index in [2.05, 4.69) is 25.0 Å². The lowest BCUT2D eigenvalue weighted by molar-refractivity contribution is 0.939. The summed E-state index contributed by atoms with van der Waals surface area (Å²) in [6.07, 6.45) is 5.19. The van der Waals surface area contributed by atoms with E-state index in [0.717, 1.165) is 17.0 Å². The second kappa shape index (κ2) is 5.13. The highest BCUT2D eigenvalue weighted by Crippen LogP contribution is 2.32. The van der Waals surface area contributed by atoms with E-state index >= 15 is 0 Å². The summed E-state index contributed by atoms with van der Waals surface area (Å²) in [5.41, 5.74) is 10.3. The summed E-state index contributed by atoms with van der Waals surface area (Å²) < 4.78 is 1.72. The van der Waals surface area contributed by atoms with E-state index in [1.54, 1.807) is 23.0 Å². The van der Waals surface area contributed by atoms with Crippen molar-refractivity contribution in [1.29, 1.82) is 0 Å². The molecule has 23 heavy (non-hydrogen) atoms. The molecule has 2 N–H and O–H groups in total. The molecule has 0 saturated carbocycles. The topological polar surface area (TPSA) is 94.9 Å². The van der Waals surface area contributed by atoms with Gasteiger partial charge in [-0.3, -0.25) is 4.98 Å². The normalized spacial score (nSPS) is 11.0. The van der Waals surface area contributed by atoms with Crippen molar-refractivity contribution in [2.24, 2.45) is 0 Å². The average Bonchev–Trinajstić information content (AvgIpc) is 2.94. The zero-order valence-corrected chi connectivity index (χ0v) is 12.4. The molecule has 0 fully saturated rings. The number of aryl methyl sites for hydroxylation is 1. The molecule has 4 aromatic heterocycles. The number of nitrogen functional groups attached to an aromatic ring is 1. The maximum atomic E-state index is 5.74. The molecule has 0 aliphatic heterocycles. The van der Waals surface area contributed by atoms with Crippen molar-refractivity contribution >= 4 is 11.6 Å². The quantitative estimate of drug-likeness (QED) is 0.609. The first-order chi connectivity index (χ1) is 11.2. The first kappa shape index (κ1) is 13.3. The fraction of sp³-hybridized carbons (Fsp3) is 0.0625. The SMILES string of the molecule is Cc1cccc(-c2nn3cccnc3c2-c2ccnc(N)n2)n1. The monoisotopic (exact) mass is 303 g/mol. The van der Waals surface area contributed by atoms with Crippen LogP contribution in [-0.4, -0.2) is 29.5 Å². The van der Waals surface area contributed by atoms with Gasteiger partial charge < -0.3 is 5.73 Å². The molecular weight excluding hydrogens is 290 g/mol. The number of anilines is 1. The summed E-state index contributed by atoms with van der Waals surface area (Å²) in [6.45, 7) is 1.94. The molecule has 0 radical (unpaired) electrons. The molecule has 0 aliphatic rings. The first-order valence-electron chi connectivity index (χ1n) is 7.08. The average molecular weight is 303 g/mol.